The highest BCUT2D eigenvalue weighted by Crippen LogP contribution is 2.25. The van der Waals surface area contributed by atoms with E-state index in [0.717, 1.165) is 11.3 Å². The number of halogens is 3. The van der Waals surface area contributed by atoms with Gasteiger partial charge in [0, 0.05) is 18.3 Å². The first-order valence-electron chi connectivity index (χ1n) is 6.06. The zero-order valence-electron chi connectivity index (χ0n) is 11.0. The lowest BCUT2D eigenvalue weighted by molar-refractivity contribution is -0.157. The second kappa shape index (κ2) is 5.91. The molecule has 3 amide bonds. The fourth-order valence-electron chi connectivity index (χ4n) is 1.97. The number of amides is 3. The summed E-state index contributed by atoms with van der Waals surface area (Å²) in [6.45, 7) is -1.68. The molecule has 22 heavy (non-hydrogen) atoms. The minimum Gasteiger partial charge on any atom is -0.364 e. The van der Waals surface area contributed by atoms with Gasteiger partial charge in [0.1, 0.15) is 12.2 Å². The van der Waals surface area contributed by atoms with Crippen LogP contribution in [0.4, 0.5) is 18.3 Å². The number of nitrogens with zero attached hydrogens (tertiary/aromatic N) is 2. The van der Waals surface area contributed by atoms with Crippen LogP contribution >= 0.6 is 11.3 Å². The molecule has 2 rings (SSSR count). The van der Waals surface area contributed by atoms with Crippen LogP contribution in [0.2, 0.25) is 0 Å². The molecule has 0 spiro atoms. The molecule has 2 heterocycles. The largest absolute Gasteiger partial charge is 0.406 e. The summed E-state index contributed by atoms with van der Waals surface area (Å²) in [6.07, 6.45) is -4.80. The molecule has 0 radical (unpaired) electrons. The van der Waals surface area contributed by atoms with Crippen molar-refractivity contribution in [2.24, 2.45) is 11.7 Å². The molecule has 1 fully saturated rings. The molecule has 1 unspecified atom stereocenters. The van der Waals surface area contributed by atoms with Crippen LogP contribution in [0.25, 0.3) is 0 Å². The van der Waals surface area contributed by atoms with Crippen LogP contribution < -0.4 is 11.1 Å². The molecule has 1 aromatic rings. The third-order valence-electron chi connectivity index (χ3n) is 2.94. The van der Waals surface area contributed by atoms with Gasteiger partial charge in [0.05, 0.1) is 5.92 Å². The minimum absolute atomic E-state index is 0.0264. The van der Waals surface area contributed by atoms with Crippen molar-refractivity contribution >= 4 is 34.2 Å². The number of primary amides is 1. The second-order valence-corrected chi connectivity index (χ2v) is 5.54. The predicted octanol–water partition coefficient (Wildman–Crippen LogP) is 0.591. The first kappa shape index (κ1) is 16.2. The SMILES string of the molecule is NC(=O)c1csc(NC(=O)C2CC(=O)N(CC(F)(F)F)C2)n1. The number of hydrogen-bond acceptors (Lipinski definition) is 5. The lowest BCUT2D eigenvalue weighted by atomic mass is 10.1. The van der Waals surface area contributed by atoms with E-state index in [4.69, 9.17) is 5.73 Å². The first-order valence-corrected chi connectivity index (χ1v) is 6.94. The number of nitrogens with two attached hydrogens (primary N) is 1. The number of carbonyl (C=O) groups is 3. The van der Waals surface area contributed by atoms with E-state index in [-0.39, 0.29) is 23.8 Å². The van der Waals surface area contributed by atoms with Crippen LogP contribution in [-0.2, 0) is 9.59 Å². The zero-order chi connectivity index (χ0) is 16.5. The van der Waals surface area contributed by atoms with E-state index < -0.39 is 36.4 Å². The van der Waals surface area contributed by atoms with Gasteiger partial charge in [-0.25, -0.2) is 4.98 Å². The Hall–Kier alpha value is -2.17. The lowest BCUT2D eigenvalue weighted by Crippen LogP contribution is -2.36. The molecule has 120 valence electrons. The summed E-state index contributed by atoms with van der Waals surface area (Å²) in [7, 11) is 0. The summed E-state index contributed by atoms with van der Waals surface area (Å²) in [4.78, 5) is 38.6. The van der Waals surface area contributed by atoms with E-state index in [0.29, 0.717) is 4.90 Å². The van der Waals surface area contributed by atoms with Crippen molar-refractivity contribution in [2.45, 2.75) is 12.6 Å². The maximum atomic E-state index is 12.3. The van der Waals surface area contributed by atoms with Crippen LogP contribution in [0.3, 0.4) is 0 Å². The molecule has 1 aliphatic heterocycles. The molecule has 0 aromatic carbocycles. The molecule has 3 N–H and O–H groups in total. The van der Waals surface area contributed by atoms with Crippen molar-refractivity contribution in [3.05, 3.63) is 11.1 Å². The summed E-state index contributed by atoms with van der Waals surface area (Å²) >= 11 is 0.954. The van der Waals surface area contributed by atoms with Gasteiger partial charge in [0.2, 0.25) is 11.8 Å². The van der Waals surface area contributed by atoms with Crippen molar-refractivity contribution in [2.75, 3.05) is 18.4 Å². The number of nitrogens with one attached hydrogen (secondary N) is 1. The summed E-state index contributed by atoms with van der Waals surface area (Å²) in [5.74, 6) is -3.00. The minimum atomic E-state index is -4.51. The third kappa shape index (κ3) is 3.93. The summed E-state index contributed by atoms with van der Waals surface area (Å²) in [6, 6.07) is 0. The fraction of sp³-hybridized carbons (Fsp3) is 0.455. The monoisotopic (exact) mass is 336 g/mol. The lowest BCUT2D eigenvalue weighted by Gasteiger charge is -2.18. The number of rotatable bonds is 4. The molecule has 1 atom stereocenters. The van der Waals surface area contributed by atoms with E-state index in [1.54, 1.807) is 0 Å². The van der Waals surface area contributed by atoms with Gasteiger partial charge in [-0.15, -0.1) is 11.3 Å². The van der Waals surface area contributed by atoms with Crippen LogP contribution in [0.15, 0.2) is 5.38 Å². The average molecular weight is 336 g/mol. The van der Waals surface area contributed by atoms with Crippen LogP contribution in [0.1, 0.15) is 16.9 Å². The Morgan fingerprint density at radius 3 is 2.73 bits per heavy atom. The molecule has 0 aliphatic carbocycles. The van der Waals surface area contributed by atoms with Gasteiger partial charge in [0.15, 0.2) is 5.13 Å². The number of aromatic nitrogens is 1. The number of likely N-dealkylation sites (tertiary alicyclic amines) is 1. The van der Waals surface area contributed by atoms with E-state index in [2.05, 4.69) is 10.3 Å². The predicted molar refractivity (Wildman–Crippen MR) is 70.0 cm³/mol. The topological polar surface area (TPSA) is 105 Å². The maximum Gasteiger partial charge on any atom is 0.406 e. The molecular weight excluding hydrogens is 325 g/mol. The summed E-state index contributed by atoms with van der Waals surface area (Å²) < 4.78 is 36.9. The van der Waals surface area contributed by atoms with Gasteiger partial charge in [-0.05, 0) is 0 Å². The van der Waals surface area contributed by atoms with Crippen molar-refractivity contribution in [3.8, 4) is 0 Å². The number of thiazole rings is 1. The highest BCUT2D eigenvalue weighted by Gasteiger charge is 2.40. The Morgan fingerprint density at radius 1 is 1.50 bits per heavy atom. The van der Waals surface area contributed by atoms with Gasteiger partial charge in [-0.2, -0.15) is 13.2 Å². The molecular formula is C11H11F3N4O3S. The van der Waals surface area contributed by atoms with Crippen molar-refractivity contribution < 1.29 is 27.6 Å². The molecule has 1 aromatic heterocycles. The molecule has 1 saturated heterocycles. The summed E-state index contributed by atoms with van der Waals surface area (Å²) in [5.41, 5.74) is 4.98. The van der Waals surface area contributed by atoms with Crippen molar-refractivity contribution in [3.63, 3.8) is 0 Å². The average Bonchev–Trinajstić information content (AvgIpc) is 2.96. The summed E-state index contributed by atoms with van der Waals surface area (Å²) in [5, 5.41) is 3.80. The van der Waals surface area contributed by atoms with Crippen molar-refractivity contribution in [1.29, 1.82) is 0 Å². The fourth-order valence-corrected chi connectivity index (χ4v) is 2.67. The first-order chi connectivity index (χ1) is 10.2. The number of hydrogen-bond donors (Lipinski definition) is 2. The Balaban J connectivity index is 1.96. The number of anilines is 1. The normalized spacial score (nSPS) is 18.6. The molecule has 0 saturated carbocycles. The standard InChI is InChI=1S/C11H11F3N4O3S/c12-11(13,14)4-18-2-5(1-7(18)19)9(21)17-10-16-6(3-22-10)8(15)20/h3,5H,1-2,4H2,(H2,15,20)(H,16,17,21). The molecule has 1 aliphatic rings. The highest BCUT2D eigenvalue weighted by atomic mass is 32.1. The zero-order valence-corrected chi connectivity index (χ0v) is 11.8. The number of alkyl halides is 3. The van der Waals surface area contributed by atoms with Gasteiger partial charge >= 0.3 is 6.18 Å². The maximum absolute atomic E-state index is 12.3. The van der Waals surface area contributed by atoms with Crippen LogP contribution in [0, 0.1) is 5.92 Å². The third-order valence-corrected chi connectivity index (χ3v) is 3.70. The molecule has 11 heteroatoms. The van der Waals surface area contributed by atoms with Gasteiger partial charge in [-0.1, -0.05) is 0 Å². The quantitative estimate of drug-likeness (QED) is 0.839. The van der Waals surface area contributed by atoms with Crippen molar-refractivity contribution in [1.82, 2.24) is 9.88 Å². The van der Waals surface area contributed by atoms with Gasteiger partial charge in [-0.3, -0.25) is 14.4 Å². The Morgan fingerprint density at radius 2 is 2.18 bits per heavy atom. The van der Waals surface area contributed by atoms with Gasteiger partial charge in [0.25, 0.3) is 5.91 Å². The van der Waals surface area contributed by atoms with E-state index in [9.17, 15) is 27.6 Å². The van der Waals surface area contributed by atoms with E-state index in [1.807, 2.05) is 0 Å². The smallest absolute Gasteiger partial charge is 0.364 e. The van der Waals surface area contributed by atoms with E-state index in [1.165, 1.54) is 5.38 Å². The number of carbonyl (C=O) groups excluding carboxylic acids is 3. The van der Waals surface area contributed by atoms with Crippen LogP contribution in [-0.4, -0.2) is 46.9 Å². The Kier molecular flexibility index (Phi) is 4.35. The van der Waals surface area contributed by atoms with E-state index >= 15 is 0 Å². The Labute approximate surface area is 126 Å². The second-order valence-electron chi connectivity index (χ2n) is 4.68. The highest BCUT2D eigenvalue weighted by molar-refractivity contribution is 7.14. The molecule has 7 nitrogen and oxygen atoms in total. The Bertz CT molecular complexity index is 616. The molecule has 0 bridgehead atoms. The van der Waals surface area contributed by atoms with Gasteiger partial charge < -0.3 is 16.0 Å². The van der Waals surface area contributed by atoms with Crippen LogP contribution in [0.5, 0.6) is 0 Å².